The van der Waals surface area contributed by atoms with Crippen molar-refractivity contribution < 1.29 is 80.6 Å². The van der Waals surface area contributed by atoms with Gasteiger partial charge in [0.05, 0.1) is 36.6 Å². The predicted molar refractivity (Wildman–Crippen MR) is 279 cm³/mol. The summed E-state index contributed by atoms with van der Waals surface area (Å²) in [7, 11) is -5.70. The van der Waals surface area contributed by atoms with E-state index in [0.717, 1.165) is 12.1 Å². The molecule has 0 rings (SSSR count). The Labute approximate surface area is 429 Å². The molecular weight excluding hydrogens is 1190 g/mol. The number of aliphatic hydroxyl groups is 2. The van der Waals surface area contributed by atoms with Crippen molar-refractivity contribution in [3.8, 4) is 0 Å². The minimum Gasteiger partial charge on any atom is -0.420 e. The Morgan fingerprint density at radius 1 is 0.364 bits per heavy atom. The molecule has 0 aromatic carbocycles. The average Bonchev–Trinajstić information content (AvgIpc) is 3.07. The van der Waals surface area contributed by atoms with Crippen LogP contribution in [0, 0.1) is 0 Å². The van der Waals surface area contributed by atoms with E-state index < -0.39 is 116 Å². The fourth-order valence-electron chi connectivity index (χ4n) is 2.34. The molecule has 0 heterocycles. The molecule has 0 fully saturated rings. The largest absolute Gasteiger partial charge is 0.420 e. The van der Waals surface area contributed by atoms with Gasteiger partial charge in [0.2, 0.25) is 23.3 Å². The van der Waals surface area contributed by atoms with Gasteiger partial charge in [0.25, 0.3) is 0 Å². The van der Waals surface area contributed by atoms with Crippen molar-refractivity contribution in [3.63, 3.8) is 0 Å². The molecule has 2 atom stereocenters. The van der Waals surface area contributed by atoms with E-state index in [1.165, 1.54) is 45.9 Å². The second-order valence-corrected chi connectivity index (χ2v) is 66.1. The SMILES string of the molecule is CC[Si](C)(C)Cl.CC[Si](C)(C)OC.CC[Si](C)(CO)OC.CC[Si](C)(Cl)Cl.CO[Si](C)(C)CC(F)(F)F.CO[Si](C)(CO)CC(F)(F)F.C[Si](C)(Cl)CC(F)(F)F.FC(F)(F)C[Si](Cl)(Cl)Cl. The molecule has 412 valence electrons. The summed E-state index contributed by atoms with van der Waals surface area (Å²) in [5, 5.41) is 17.3. The molecule has 0 aromatic rings. The van der Waals surface area contributed by atoms with E-state index in [0.29, 0.717) is 0 Å². The van der Waals surface area contributed by atoms with Gasteiger partial charge in [0.1, 0.15) is 7.38 Å². The highest BCUT2D eigenvalue weighted by atomic mass is 35.8. The van der Waals surface area contributed by atoms with Crippen molar-refractivity contribution in [2.75, 3.05) is 40.9 Å². The maximum absolute atomic E-state index is 11.8. The monoisotopic (exact) mass is 1270 g/mol. The first-order valence-electron chi connectivity index (χ1n) is 20.0. The standard InChI is InChI=1S/C5H11F3O2Si.C5H11F3OSi.C5H14O2Si.C5H14OSi.C4H8ClF3Si.C4H11ClSi.C3H8Cl2Si.C2H2Cl3F3Si/c1-10-11(2,4-9)3-5(6,7)8;1-9-10(2,3)4-5(6,7)8;1-4-8(3,5-6)7-2;1-5-7(3,4)6-2;1-9(2,5)3-4(6,7)8;1-4-6(2,3)5;1-3-6(2,4)5;3-9(4,5)1-2(6,7)8/h9H,3-4H2,1-2H3;4H2,1-3H3;6H,4-5H2,1-3H3;5H2,1-4H3;3H2,1-2H3;4H2,1-3H3;3H2,1-2H3;1H2. The van der Waals surface area contributed by atoms with Gasteiger partial charge in [0.15, 0.2) is 24.0 Å². The molecule has 66 heavy (non-hydrogen) atoms. The molecule has 0 bridgehead atoms. The van der Waals surface area contributed by atoms with Gasteiger partial charge in [-0.3, -0.25) is 0 Å². The molecule has 0 radical (unpaired) electrons. The van der Waals surface area contributed by atoms with Gasteiger partial charge in [-0.1, -0.05) is 53.9 Å². The number of hydrogen-bond acceptors (Lipinski definition) is 6. The third-order valence-electron chi connectivity index (χ3n) is 8.04. The minimum atomic E-state index is -4.35. The van der Waals surface area contributed by atoms with Crippen LogP contribution in [0.3, 0.4) is 0 Å². The van der Waals surface area contributed by atoms with Crippen LogP contribution in [0.25, 0.3) is 0 Å². The quantitative estimate of drug-likeness (QED) is 0.103. The van der Waals surface area contributed by atoms with Crippen LogP contribution in [0.5, 0.6) is 0 Å². The lowest BCUT2D eigenvalue weighted by atomic mass is 10.8. The van der Waals surface area contributed by atoms with Crippen molar-refractivity contribution in [2.24, 2.45) is 0 Å². The van der Waals surface area contributed by atoms with E-state index in [1.807, 2.05) is 26.9 Å². The van der Waals surface area contributed by atoms with Crippen LogP contribution in [0.2, 0.25) is 120 Å². The van der Waals surface area contributed by atoms with Crippen LogP contribution in [0.4, 0.5) is 52.7 Å². The summed E-state index contributed by atoms with van der Waals surface area (Å²) >= 11 is 37.4. The smallest absolute Gasteiger partial charge is 0.390 e. The van der Waals surface area contributed by atoms with Gasteiger partial charge in [-0.15, -0.1) is 55.4 Å². The number of aliphatic hydroxyl groups excluding tert-OH is 2. The molecule has 0 aliphatic carbocycles. The van der Waals surface area contributed by atoms with Gasteiger partial charge < -0.3 is 27.9 Å². The zero-order valence-corrected chi connectivity index (χ0v) is 55.1. The Hall–Kier alpha value is 2.69. The Balaban J connectivity index is -0.0000000979. The number of alkyl halides is 12. The summed E-state index contributed by atoms with van der Waals surface area (Å²) < 4.78 is 159. The molecule has 0 amide bonds. The Bertz CT molecular complexity index is 1060. The van der Waals surface area contributed by atoms with Crippen molar-refractivity contribution in [1.82, 2.24) is 0 Å². The van der Waals surface area contributed by atoms with Gasteiger partial charge in [-0.05, 0) is 70.0 Å². The van der Waals surface area contributed by atoms with Crippen LogP contribution in [-0.2, 0) is 17.7 Å². The minimum absolute atomic E-state index is 0.236. The maximum Gasteiger partial charge on any atom is 0.390 e. The van der Waals surface area contributed by atoms with E-state index in [2.05, 4.69) is 44.5 Å². The highest BCUT2D eigenvalue weighted by molar-refractivity contribution is 7.64. The summed E-state index contributed by atoms with van der Waals surface area (Å²) in [6.45, 7) is 26.7. The Morgan fingerprint density at radius 3 is 0.667 bits per heavy atom. The van der Waals surface area contributed by atoms with Crippen LogP contribution < -0.4 is 0 Å². The molecule has 0 aliphatic heterocycles. The molecule has 2 unspecified atom stereocenters. The fourth-order valence-corrected chi connectivity index (χ4v) is 8.84. The van der Waals surface area contributed by atoms with Crippen LogP contribution in [0.15, 0.2) is 0 Å². The lowest BCUT2D eigenvalue weighted by Gasteiger charge is -2.23. The highest BCUT2D eigenvalue weighted by Crippen LogP contribution is 2.35. The van der Waals surface area contributed by atoms with E-state index in [9.17, 15) is 52.7 Å². The first-order valence-corrected chi connectivity index (χ1v) is 50.2. The van der Waals surface area contributed by atoms with E-state index in [-0.39, 0.29) is 6.23 Å². The first kappa shape index (κ1) is 85.4. The first-order chi connectivity index (χ1) is 28.4. The summed E-state index contributed by atoms with van der Waals surface area (Å²) in [6, 6.07) is -3.02. The maximum atomic E-state index is 11.8. The molecule has 2 N–H and O–H groups in total. The normalized spacial score (nSPS) is 14.5. The van der Waals surface area contributed by atoms with E-state index in [4.69, 9.17) is 101 Å². The average molecular weight is 1270 g/mol. The third-order valence-corrected chi connectivity index (χ3v) is 28.1. The topological polar surface area (TPSA) is 77.4 Å². The number of halogens is 19. The molecule has 0 aliphatic rings. The number of rotatable bonds is 14. The van der Waals surface area contributed by atoms with Crippen molar-refractivity contribution in [2.45, 2.75) is 173 Å². The zero-order chi connectivity index (χ0) is 55.9. The van der Waals surface area contributed by atoms with Crippen LogP contribution in [-0.4, -0.2) is 137 Å². The summed E-state index contributed by atoms with van der Waals surface area (Å²) in [4.78, 5) is 0. The highest BCUT2D eigenvalue weighted by Gasteiger charge is 2.43. The Kier molecular flexibility index (Phi) is 49.5. The zero-order valence-electron chi connectivity index (χ0n) is 41.8. The van der Waals surface area contributed by atoms with E-state index in [1.54, 1.807) is 27.3 Å². The van der Waals surface area contributed by atoms with Crippen LogP contribution >= 0.6 is 77.6 Å². The molecule has 0 spiro atoms. The second-order valence-electron chi connectivity index (χ2n) is 17.3. The lowest BCUT2D eigenvalue weighted by molar-refractivity contribution is -0.114. The molecule has 0 aromatic heterocycles. The van der Waals surface area contributed by atoms with Gasteiger partial charge in [-0.2, -0.15) is 74.8 Å². The van der Waals surface area contributed by atoms with Crippen molar-refractivity contribution in [3.05, 3.63) is 0 Å². The Morgan fingerprint density at radius 2 is 0.636 bits per heavy atom. The van der Waals surface area contributed by atoms with Crippen LogP contribution in [0.1, 0.15) is 27.7 Å². The molecule has 33 heteroatoms. The van der Waals surface area contributed by atoms with Gasteiger partial charge in [-0.25, -0.2) is 0 Å². The third kappa shape index (κ3) is 89.5. The summed E-state index contributed by atoms with van der Waals surface area (Å²) in [6.07, 6.45) is -17.0. The molecule has 0 saturated heterocycles. The lowest BCUT2D eigenvalue weighted by Crippen LogP contribution is -2.42. The van der Waals surface area contributed by atoms with Crippen molar-refractivity contribution >= 4 is 138 Å². The van der Waals surface area contributed by atoms with Crippen molar-refractivity contribution in [1.29, 1.82) is 0 Å². The second kappa shape index (κ2) is 38.3. The van der Waals surface area contributed by atoms with Gasteiger partial charge >= 0.3 is 30.7 Å². The summed E-state index contributed by atoms with van der Waals surface area (Å²) in [5.74, 6) is 0. The predicted octanol–water partition coefficient (Wildman–Crippen LogP) is 17.5. The van der Waals surface area contributed by atoms with Gasteiger partial charge in [0, 0.05) is 28.4 Å². The number of hydrogen-bond donors (Lipinski definition) is 2. The summed E-state index contributed by atoms with van der Waals surface area (Å²) in [5.41, 5.74) is 0. The molecule has 0 saturated carbocycles. The van der Waals surface area contributed by atoms with E-state index >= 15 is 0 Å². The molecule has 6 nitrogen and oxygen atoms in total. The fraction of sp³-hybridized carbons (Fsp3) is 1.00. The molecular formula is C33H79Cl7F12O6Si8.